The van der Waals surface area contributed by atoms with Crippen LogP contribution in [0.15, 0.2) is 0 Å². The second-order valence-electron chi connectivity index (χ2n) is 0.537. The summed E-state index contributed by atoms with van der Waals surface area (Å²) in [7, 11) is 0. The molecular formula is C4O6W-4. The Labute approximate surface area is 76.1 Å². The molecule has 0 atom stereocenters. The van der Waals surface area contributed by atoms with E-state index in [1.54, 1.807) is 0 Å². The fourth-order valence-electron chi connectivity index (χ4n) is 0.0340. The van der Waals surface area contributed by atoms with Crippen molar-refractivity contribution in [3.05, 3.63) is 0 Å². The molecule has 0 rings (SSSR count). The molecule has 0 aliphatic rings. The number of hydrogen-bond donors (Lipinski definition) is 0. The summed E-state index contributed by atoms with van der Waals surface area (Å²) in [5.41, 5.74) is 0. The average Bonchev–Trinajstić information content (AvgIpc) is 1.93. The van der Waals surface area contributed by atoms with E-state index in [0.717, 1.165) is 25.9 Å². The van der Waals surface area contributed by atoms with Crippen LogP contribution in [0, 0.1) is 0 Å². The zero-order valence-corrected chi connectivity index (χ0v) is 7.79. The molecule has 7 heteroatoms. The first kappa shape index (κ1) is 16.5. The minimum absolute atomic E-state index is 0. The van der Waals surface area contributed by atoms with Crippen LogP contribution in [0.5, 0.6) is 0 Å². The molecule has 0 radical (unpaired) electrons. The van der Waals surface area contributed by atoms with Crippen molar-refractivity contribution in [3.63, 3.8) is 0 Å². The number of ether oxygens (including phenoxy) is 2. The fraction of sp³-hybridized carbons (Fsp3) is 0. The Hall–Kier alpha value is -1.03. The van der Waals surface area contributed by atoms with Gasteiger partial charge < -0.3 is 28.7 Å². The third-order valence-corrected chi connectivity index (χ3v) is 0.167. The molecule has 0 saturated carbocycles. The molecule has 0 bridgehead atoms. The van der Waals surface area contributed by atoms with Gasteiger partial charge in [-0.15, -0.1) is 25.9 Å². The van der Waals surface area contributed by atoms with Gasteiger partial charge in [0.15, 0.2) is 0 Å². The Morgan fingerprint density at radius 1 is 0.636 bits per heavy atom. The summed E-state index contributed by atoms with van der Waals surface area (Å²) in [6.07, 6.45) is 0. The third kappa shape index (κ3) is 49.4. The standard InChI is InChI=1S/2C2O3.W/c2*3-1-5-2-4;/q2*-2;. The molecule has 0 aromatic heterocycles. The summed E-state index contributed by atoms with van der Waals surface area (Å²) < 4.78 is 6.44. The third-order valence-electron chi connectivity index (χ3n) is 0.167. The van der Waals surface area contributed by atoms with Gasteiger partial charge in [-0.1, -0.05) is 0 Å². The number of hydrogen-bond acceptors (Lipinski definition) is 6. The van der Waals surface area contributed by atoms with Crippen molar-refractivity contribution in [3.8, 4) is 0 Å². The first-order chi connectivity index (χ1) is 4.83. The maximum absolute atomic E-state index is 8.80. The molecule has 0 spiro atoms. The van der Waals surface area contributed by atoms with Crippen LogP contribution in [-0.2, 0) is 49.7 Å². The summed E-state index contributed by atoms with van der Waals surface area (Å²) in [5.74, 6) is 0. The molecule has 11 heavy (non-hydrogen) atoms. The maximum atomic E-state index is 8.80. The van der Waals surface area contributed by atoms with Crippen LogP contribution in [0.4, 0.5) is 0 Å². The molecule has 0 amide bonds. The maximum Gasteiger partial charge on any atom is 0 e. The number of carbonyl (C=O) groups excluding carboxylic acids is 4. The second-order valence-corrected chi connectivity index (χ2v) is 0.537. The first-order valence-electron chi connectivity index (χ1n) is 1.63. The van der Waals surface area contributed by atoms with E-state index in [1.807, 2.05) is 0 Å². The Bertz CT molecular complexity index is 87.1. The summed E-state index contributed by atoms with van der Waals surface area (Å²) >= 11 is 0. The minimum Gasteiger partial charge on any atom is -0.783 e. The quantitative estimate of drug-likeness (QED) is 0.450. The monoisotopic (exact) mass is 328 g/mol. The first-order valence-corrected chi connectivity index (χ1v) is 1.63. The Balaban J connectivity index is -0.000000107. The van der Waals surface area contributed by atoms with Gasteiger partial charge in [0.2, 0.25) is 0 Å². The topological polar surface area (TPSA) is 86.7 Å². The van der Waals surface area contributed by atoms with Crippen molar-refractivity contribution in [2.75, 3.05) is 0 Å². The van der Waals surface area contributed by atoms with Gasteiger partial charge in [0, 0.05) is 21.1 Å². The van der Waals surface area contributed by atoms with E-state index >= 15 is 0 Å². The predicted octanol–water partition coefficient (Wildman–Crippen LogP) is -1.73. The summed E-state index contributed by atoms with van der Waals surface area (Å²) in [6.45, 7) is 3.38. The minimum atomic E-state index is 0. The SMILES string of the molecule is O=[C-]O[C-]=O.O=[C-]O[C-]=O.[W]. The van der Waals surface area contributed by atoms with E-state index in [1.165, 1.54) is 0 Å². The molecule has 0 N–H and O–H groups in total. The van der Waals surface area contributed by atoms with Crippen LogP contribution in [0.25, 0.3) is 0 Å². The van der Waals surface area contributed by atoms with E-state index < -0.39 is 0 Å². The van der Waals surface area contributed by atoms with Gasteiger partial charge in [0.25, 0.3) is 0 Å². The smallest absolute Gasteiger partial charge is 0 e. The van der Waals surface area contributed by atoms with Crippen molar-refractivity contribution in [1.82, 2.24) is 0 Å². The summed E-state index contributed by atoms with van der Waals surface area (Å²) in [6, 6.07) is 0. The van der Waals surface area contributed by atoms with E-state index in [2.05, 4.69) is 9.47 Å². The van der Waals surface area contributed by atoms with Crippen molar-refractivity contribution in [2.45, 2.75) is 0 Å². The Kier molecular flexibility index (Phi) is 34.6. The van der Waals surface area contributed by atoms with E-state index in [0.29, 0.717) is 0 Å². The zero-order chi connectivity index (χ0) is 8.24. The van der Waals surface area contributed by atoms with Crippen LogP contribution in [0.1, 0.15) is 0 Å². The molecule has 0 aromatic carbocycles. The van der Waals surface area contributed by atoms with Gasteiger partial charge in [0.05, 0.1) is 0 Å². The molecule has 0 fully saturated rings. The van der Waals surface area contributed by atoms with Crippen molar-refractivity contribution in [1.29, 1.82) is 0 Å². The molecule has 6 nitrogen and oxygen atoms in total. The molecule has 0 aliphatic carbocycles. The normalized spacial score (nSPS) is 5.09. The van der Waals surface area contributed by atoms with Crippen LogP contribution in [0.2, 0.25) is 0 Å². The van der Waals surface area contributed by atoms with Crippen molar-refractivity contribution < 1.29 is 49.7 Å². The van der Waals surface area contributed by atoms with Crippen LogP contribution >= 0.6 is 0 Å². The molecular weight excluding hydrogens is 328 g/mol. The van der Waals surface area contributed by atoms with Gasteiger partial charge in [0.1, 0.15) is 0 Å². The summed E-state index contributed by atoms with van der Waals surface area (Å²) in [4.78, 5) is 35.2. The van der Waals surface area contributed by atoms with E-state index in [4.69, 9.17) is 19.2 Å². The summed E-state index contributed by atoms with van der Waals surface area (Å²) in [5, 5.41) is 0. The molecule has 0 saturated heterocycles. The molecule has 0 heterocycles. The zero-order valence-electron chi connectivity index (χ0n) is 4.86. The number of rotatable bonds is 4. The predicted molar refractivity (Wildman–Crippen MR) is 24.9 cm³/mol. The Morgan fingerprint density at radius 3 is 0.818 bits per heavy atom. The van der Waals surface area contributed by atoms with Gasteiger partial charge in [-0.05, 0) is 0 Å². The molecule has 0 unspecified atom stereocenters. The fourth-order valence-corrected chi connectivity index (χ4v) is 0.0340. The average molecular weight is 328 g/mol. The van der Waals surface area contributed by atoms with Crippen LogP contribution in [-0.4, -0.2) is 25.9 Å². The van der Waals surface area contributed by atoms with Gasteiger partial charge in [-0.2, -0.15) is 0 Å². The van der Waals surface area contributed by atoms with Crippen molar-refractivity contribution in [2.24, 2.45) is 0 Å². The van der Waals surface area contributed by atoms with Gasteiger partial charge >= 0.3 is 0 Å². The second kappa shape index (κ2) is 23.1. The van der Waals surface area contributed by atoms with E-state index in [9.17, 15) is 0 Å². The van der Waals surface area contributed by atoms with Crippen molar-refractivity contribution >= 4 is 25.9 Å². The largest absolute Gasteiger partial charge is 0.783 e. The molecule has 0 aliphatic heterocycles. The molecule has 62 valence electrons. The van der Waals surface area contributed by atoms with Gasteiger partial charge in [-0.3, -0.25) is 0 Å². The van der Waals surface area contributed by atoms with Crippen LogP contribution < -0.4 is 0 Å². The Morgan fingerprint density at radius 2 is 0.818 bits per heavy atom. The molecule has 0 aromatic rings. The van der Waals surface area contributed by atoms with Gasteiger partial charge in [-0.25, -0.2) is 0 Å². The van der Waals surface area contributed by atoms with Crippen LogP contribution in [0.3, 0.4) is 0 Å². The van der Waals surface area contributed by atoms with E-state index in [-0.39, 0.29) is 21.1 Å².